The van der Waals surface area contributed by atoms with Crippen molar-refractivity contribution in [3.05, 3.63) is 0 Å². The summed E-state index contributed by atoms with van der Waals surface area (Å²) in [5.74, 6) is 1.98. The molecule has 3 fully saturated rings. The van der Waals surface area contributed by atoms with Gasteiger partial charge in [0.25, 0.3) is 0 Å². The average Bonchev–Trinajstić information content (AvgIpc) is 3.11. The van der Waals surface area contributed by atoms with Gasteiger partial charge in [-0.25, -0.2) is 14.4 Å². The zero-order valence-electron chi connectivity index (χ0n) is 36.1. The first-order valence-corrected chi connectivity index (χ1v) is 20.1. The van der Waals surface area contributed by atoms with E-state index in [4.69, 9.17) is 39.6 Å². The van der Waals surface area contributed by atoms with E-state index in [1.165, 1.54) is 0 Å². The van der Waals surface area contributed by atoms with Crippen molar-refractivity contribution in [2.75, 3.05) is 13.2 Å². The molecule has 2 saturated heterocycles. The van der Waals surface area contributed by atoms with E-state index in [1.807, 2.05) is 0 Å². The van der Waals surface area contributed by atoms with E-state index in [1.54, 1.807) is 62.3 Å². The smallest absolute Gasteiger partial charge is 0.408 e. The van der Waals surface area contributed by atoms with Crippen LogP contribution in [-0.2, 0) is 38.0 Å². The van der Waals surface area contributed by atoms with Crippen LogP contribution in [0.25, 0.3) is 0 Å². The first-order chi connectivity index (χ1) is 28.1. The van der Waals surface area contributed by atoms with Crippen LogP contribution in [0.4, 0.5) is 14.4 Å². The topological polar surface area (TPSA) is 323 Å². The Hall–Kier alpha value is -3.60. The molecule has 0 spiro atoms. The van der Waals surface area contributed by atoms with Crippen molar-refractivity contribution in [3.8, 4) is 12.3 Å². The maximum absolute atomic E-state index is 13.2. The van der Waals surface area contributed by atoms with Crippen molar-refractivity contribution in [3.63, 3.8) is 0 Å². The highest BCUT2D eigenvalue weighted by molar-refractivity contribution is 5.75. The normalized spacial score (nSPS) is 34.6. The zero-order valence-corrected chi connectivity index (χ0v) is 36.1. The van der Waals surface area contributed by atoms with Crippen LogP contribution >= 0.6 is 0 Å². The van der Waals surface area contributed by atoms with Gasteiger partial charge in [0, 0.05) is 19.4 Å². The summed E-state index contributed by atoms with van der Waals surface area (Å²) in [5.41, 5.74) is -3.01. The Morgan fingerprint density at radius 3 is 1.56 bits per heavy atom. The maximum Gasteiger partial charge on any atom is 0.408 e. The molecule has 61 heavy (non-hydrogen) atoms. The summed E-state index contributed by atoms with van der Waals surface area (Å²) in [6, 6.07) is -4.24. The molecule has 3 rings (SSSR count). The third kappa shape index (κ3) is 15.6. The number of rotatable bonds is 13. The molecule has 3 aliphatic rings. The highest BCUT2D eigenvalue weighted by Gasteiger charge is 2.54. The molecule has 1 saturated carbocycles. The van der Waals surface area contributed by atoms with Gasteiger partial charge in [0.1, 0.15) is 77.8 Å². The number of hydrogen-bond donors (Lipinski definition) is 11. The van der Waals surface area contributed by atoms with Crippen LogP contribution < -0.4 is 21.3 Å². The first kappa shape index (κ1) is 51.7. The van der Waals surface area contributed by atoms with E-state index in [0.717, 1.165) is 0 Å². The van der Waals surface area contributed by atoms with Crippen LogP contribution in [0, 0.1) is 12.3 Å². The van der Waals surface area contributed by atoms with E-state index in [0.29, 0.717) is 12.8 Å². The van der Waals surface area contributed by atoms with Gasteiger partial charge in [-0.05, 0) is 75.2 Å². The predicted octanol–water partition coefficient (Wildman–Crippen LogP) is -1.63. The van der Waals surface area contributed by atoms with Crippen LogP contribution in [0.1, 0.15) is 88.0 Å². The molecule has 0 aromatic carbocycles. The fourth-order valence-electron chi connectivity index (χ4n) is 6.73. The minimum atomic E-state index is -1.99. The van der Waals surface area contributed by atoms with Crippen LogP contribution in [0.15, 0.2) is 0 Å². The summed E-state index contributed by atoms with van der Waals surface area (Å²) in [6.07, 6.45) is -18.5. The lowest BCUT2D eigenvalue weighted by Gasteiger charge is -2.49. The Balaban J connectivity index is 2.03. The number of carbonyl (C=O) groups excluding carboxylic acids is 4. The molecule has 2 heterocycles. The fraction of sp³-hybridized carbons (Fsp3) is 0.846. The second-order valence-corrected chi connectivity index (χ2v) is 18.2. The molecule has 0 aromatic heterocycles. The SMILES string of the molecule is C#CCCCC(=O)NCC1O[C@H](O[C@@H]2C(NC(=O)OC(C)(C)C)C[C@H](NC(=O)OC(C)(C)C)C(O[C@@H]3OC(CO)[C@H](O)C(NC(=O)OC(C)(C)C)C3O)[C@H]2O)C(O)[C@@H](O)[C@@H]1O. The van der Waals surface area contributed by atoms with Gasteiger partial charge in [-0.3, -0.25) is 4.79 Å². The molecule has 2 aliphatic heterocycles. The van der Waals surface area contributed by atoms with E-state index in [2.05, 4.69) is 27.2 Å². The quantitative estimate of drug-likeness (QED) is 0.0562. The number of nitrogens with one attached hydrogen (secondary N) is 4. The lowest BCUT2D eigenvalue weighted by atomic mass is 9.83. The van der Waals surface area contributed by atoms with Crippen molar-refractivity contribution >= 4 is 24.2 Å². The summed E-state index contributed by atoms with van der Waals surface area (Å²) in [7, 11) is 0. The summed E-state index contributed by atoms with van der Waals surface area (Å²) in [5, 5.41) is 87.5. The second kappa shape index (κ2) is 21.7. The summed E-state index contributed by atoms with van der Waals surface area (Å²) >= 11 is 0. The van der Waals surface area contributed by atoms with Gasteiger partial charge in [0.05, 0.1) is 24.7 Å². The molecule has 11 N–H and O–H groups in total. The summed E-state index contributed by atoms with van der Waals surface area (Å²) in [6.45, 7) is 13.1. The van der Waals surface area contributed by atoms with Crippen molar-refractivity contribution in [2.24, 2.45) is 0 Å². The van der Waals surface area contributed by atoms with Gasteiger partial charge in [-0.2, -0.15) is 0 Å². The molecule has 22 heteroatoms. The molecule has 22 nitrogen and oxygen atoms in total. The van der Waals surface area contributed by atoms with Crippen molar-refractivity contribution in [1.29, 1.82) is 0 Å². The Labute approximate surface area is 355 Å². The molecule has 15 atom stereocenters. The molecule has 7 unspecified atom stereocenters. The Kier molecular flexibility index (Phi) is 18.4. The molecule has 1 aliphatic carbocycles. The van der Waals surface area contributed by atoms with Gasteiger partial charge in [-0.1, -0.05) is 0 Å². The van der Waals surface area contributed by atoms with Crippen LogP contribution in [0.2, 0.25) is 0 Å². The summed E-state index contributed by atoms with van der Waals surface area (Å²) in [4.78, 5) is 51.6. The van der Waals surface area contributed by atoms with Crippen LogP contribution in [0.5, 0.6) is 0 Å². The Morgan fingerprint density at radius 1 is 0.639 bits per heavy atom. The van der Waals surface area contributed by atoms with E-state index < -0.39 is 139 Å². The third-order valence-electron chi connectivity index (χ3n) is 9.42. The highest BCUT2D eigenvalue weighted by Crippen LogP contribution is 2.33. The molecule has 350 valence electrons. The standard InChI is InChI=1S/C39H66N4O18/c1-11-12-13-14-22(45)40-16-20-25(47)27(49)28(50)33(55-20)58-31-19(42-35(53)60-38(5,6)7)15-18(41-34(52)59-37(2,3)4)30(29(31)51)57-32-26(48)23(24(46)21(17-44)56-32)43-36(54)61-39(8,9)10/h1,18-21,23-33,44,46-51H,12-17H2,2-10H3,(H,40,45)(H,41,52)(H,42,53)(H,43,54)/t18-,19?,20?,21?,23?,24-,25+,26?,27-,28?,29+,30?,31+,32-,33+/m0/s1. The monoisotopic (exact) mass is 878 g/mol. The number of amides is 4. The average molecular weight is 879 g/mol. The van der Waals surface area contributed by atoms with Gasteiger partial charge in [0.15, 0.2) is 12.6 Å². The van der Waals surface area contributed by atoms with Crippen LogP contribution in [0.3, 0.4) is 0 Å². The first-order valence-electron chi connectivity index (χ1n) is 20.1. The maximum atomic E-state index is 13.2. The van der Waals surface area contributed by atoms with Crippen molar-refractivity contribution in [1.82, 2.24) is 21.3 Å². The number of terminal acetylenes is 1. The van der Waals surface area contributed by atoms with Crippen LogP contribution in [-0.4, -0.2) is 182 Å². The number of carbonyl (C=O) groups is 4. The lowest BCUT2D eigenvalue weighted by molar-refractivity contribution is -0.334. The number of aliphatic hydroxyl groups is 7. The number of ether oxygens (including phenoxy) is 7. The predicted molar refractivity (Wildman–Crippen MR) is 210 cm³/mol. The Bertz CT molecular complexity index is 1510. The molecular weight excluding hydrogens is 812 g/mol. The van der Waals surface area contributed by atoms with Gasteiger partial charge >= 0.3 is 18.3 Å². The minimum absolute atomic E-state index is 0.0551. The second-order valence-electron chi connectivity index (χ2n) is 18.2. The molecular formula is C39H66N4O18. The fourth-order valence-corrected chi connectivity index (χ4v) is 6.73. The summed E-state index contributed by atoms with van der Waals surface area (Å²) < 4.78 is 40.0. The zero-order chi connectivity index (χ0) is 46.2. The number of aliphatic hydroxyl groups excluding tert-OH is 7. The minimum Gasteiger partial charge on any atom is -0.444 e. The van der Waals surface area contributed by atoms with Crippen molar-refractivity contribution < 1.29 is 88.1 Å². The van der Waals surface area contributed by atoms with Gasteiger partial charge < -0.3 is 90.2 Å². The lowest BCUT2D eigenvalue weighted by Crippen LogP contribution is -2.70. The van der Waals surface area contributed by atoms with Crippen molar-refractivity contribution in [2.45, 2.75) is 197 Å². The third-order valence-corrected chi connectivity index (χ3v) is 9.42. The largest absolute Gasteiger partial charge is 0.444 e. The van der Waals surface area contributed by atoms with E-state index in [-0.39, 0.29) is 19.4 Å². The number of unbranched alkanes of at least 4 members (excludes halogenated alkanes) is 1. The van der Waals surface area contributed by atoms with Gasteiger partial charge in [0.2, 0.25) is 5.91 Å². The van der Waals surface area contributed by atoms with Gasteiger partial charge in [-0.15, -0.1) is 12.3 Å². The highest BCUT2D eigenvalue weighted by atomic mass is 16.7. The molecule has 4 amide bonds. The van der Waals surface area contributed by atoms with E-state index >= 15 is 0 Å². The van der Waals surface area contributed by atoms with E-state index in [9.17, 15) is 54.9 Å². The molecule has 0 radical (unpaired) electrons. The number of alkyl carbamates (subject to hydrolysis) is 3. The number of hydrogen-bond acceptors (Lipinski definition) is 18. The molecule has 0 aromatic rings. The Morgan fingerprint density at radius 2 is 1.10 bits per heavy atom. The molecule has 0 bridgehead atoms.